The summed E-state index contributed by atoms with van der Waals surface area (Å²) in [6, 6.07) is 0. The molecule has 0 amide bonds. The average molecular weight is 186 g/mol. The molecular weight excluding hydrogens is 177 g/mol. The van der Waals surface area contributed by atoms with Gasteiger partial charge in [0.15, 0.2) is 0 Å². The Morgan fingerprint density at radius 2 is 2.25 bits per heavy atom. The second kappa shape index (κ2) is 7.51. The Morgan fingerprint density at radius 1 is 1.75 bits per heavy atom. The van der Waals surface area contributed by atoms with Gasteiger partial charge in [-0.3, -0.25) is 0 Å². The first-order chi connectivity index (χ1) is 3.31. The van der Waals surface area contributed by atoms with Gasteiger partial charge < -0.3 is 4.79 Å². The molecule has 40 valence electrons. The van der Waals surface area contributed by atoms with Crippen LogP contribution in [-0.2, 0) is 37.5 Å². The smallest absolute Gasteiger partial charge is 0.419 e. The molecule has 0 spiro atoms. The third-order valence-electron chi connectivity index (χ3n) is 0.863. The van der Waals surface area contributed by atoms with Gasteiger partial charge >= 0.3 is 32.7 Å². The van der Waals surface area contributed by atoms with Crippen LogP contribution >= 0.6 is 0 Å². The van der Waals surface area contributed by atoms with Gasteiger partial charge in [-0.15, -0.1) is 13.3 Å². The fraction of sp³-hybridized carbons (Fsp3) is 0.500. The van der Waals surface area contributed by atoms with E-state index >= 15 is 0 Å². The molecule has 0 aliphatic heterocycles. The van der Waals surface area contributed by atoms with Crippen molar-refractivity contribution in [2.45, 2.75) is 20.3 Å². The zero-order valence-electron chi connectivity index (χ0n) is 5.27. The van der Waals surface area contributed by atoms with E-state index in [0.717, 1.165) is 12.0 Å². The Morgan fingerprint density at radius 3 is 2.38 bits per heavy atom. The monoisotopic (exact) mass is 186 g/mol. The summed E-state index contributed by atoms with van der Waals surface area (Å²) in [6.07, 6.45) is 4.10. The van der Waals surface area contributed by atoms with Crippen molar-refractivity contribution in [1.82, 2.24) is 0 Å². The van der Waals surface area contributed by atoms with Gasteiger partial charge in [0.05, 0.1) is 0 Å². The zero-order valence-corrected chi connectivity index (χ0v) is 8.11. The molecule has 2 heteroatoms. The SMILES string of the molecule is CC/C(C)=C/[C-]=O.[Y+3]. The van der Waals surface area contributed by atoms with E-state index in [4.69, 9.17) is 0 Å². The average Bonchev–Trinajstić information content (AvgIpc) is 1.68. The maximum atomic E-state index is 9.57. The quantitative estimate of drug-likeness (QED) is 0.471. The molecule has 1 nitrogen and oxygen atoms in total. The molecule has 0 unspecified atom stereocenters. The first-order valence-corrected chi connectivity index (χ1v) is 2.34. The summed E-state index contributed by atoms with van der Waals surface area (Å²) >= 11 is 0. The molecule has 0 heterocycles. The molecule has 0 fully saturated rings. The fourth-order valence-electron chi connectivity index (χ4n) is 0.203. The molecule has 8 heavy (non-hydrogen) atoms. The van der Waals surface area contributed by atoms with Crippen molar-refractivity contribution in [1.29, 1.82) is 0 Å². The van der Waals surface area contributed by atoms with E-state index in [1.807, 2.05) is 13.8 Å². The van der Waals surface area contributed by atoms with Crippen molar-refractivity contribution < 1.29 is 37.5 Å². The van der Waals surface area contributed by atoms with Crippen LogP contribution in [0.5, 0.6) is 0 Å². The third kappa shape index (κ3) is 6.51. The van der Waals surface area contributed by atoms with Gasteiger partial charge in [-0.1, -0.05) is 6.92 Å². The Bertz CT molecular complexity index is 86.5. The molecule has 0 aromatic carbocycles. The van der Waals surface area contributed by atoms with Gasteiger partial charge in [-0.05, 0) is 6.29 Å². The van der Waals surface area contributed by atoms with Gasteiger partial charge in [0.2, 0.25) is 0 Å². The number of hydrogen-bond donors (Lipinski definition) is 0. The van der Waals surface area contributed by atoms with E-state index in [1.165, 1.54) is 6.08 Å². The van der Waals surface area contributed by atoms with Crippen LogP contribution in [0.3, 0.4) is 0 Å². The molecule has 0 atom stereocenters. The van der Waals surface area contributed by atoms with Crippen LogP contribution in [0.25, 0.3) is 0 Å². The van der Waals surface area contributed by atoms with Crippen LogP contribution in [0.1, 0.15) is 20.3 Å². The van der Waals surface area contributed by atoms with Crippen molar-refractivity contribution in [2.75, 3.05) is 0 Å². The summed E-state index contributed by atoms with van der Waals surface area (Å²) in [7, 11) is 0. The summed E-state index contributed by atoms with van der Waals surface area (Å²) in [5.41, 5.74) is 1.08. The van der Waals surface area contributed by atoms with Crippen LogP contribution in [0, 0.1) is 0 Å². The summed E-state index contributed by atoms with van der Waals surface area (Å²) in [6.45, 7) is 3.91. The number of carbonyl (C=O) groups excluding carboxylic acids is 1. The van der Waals surface area contributed by atoms with Crippen molar-refractivity contribution in [2.24, 2.45) is 0 Å². The maximum absolute atomic E-state index is 9.57. The van der Waals surface area contributed by atoms with E-state index < -0.39 is 0 Å². The minimum Gasteiger partial charge on any atom is -0.419 e. The van der Waals surface area contributed by atoms with Gasteiger partial charge in [-0.2, -0.15) is 6.08 Å². The summed E-state index contributed by atoms with van der Waals surface area (Å²) < 4.78 is 0. The predicted molar refractivity (Wildman–Crippen MR) is 29.7 cm³/mol. The van der Waals surface area contributed by atoms with Crippen molar-refractivity contribution in [3.8, 4) is 0 Å². The molecule has 0 aromatic heterocycles. The third-order valence-corrected chi connectivity index (χ3v) is 0.863. The van der Waals surface area contributed by atoms with E-state index in [2.05, 4.69) is 0 Å². The minimum atomic E-state index is 0. The predicted octanol–water partition coefficient (Wildman–Crippen LogP) is 1.45. The summed E-state index contributed by atoms with van der Waals surface area (Å²) in [5.74, 6) is 0. The Balaban J connectivity index is 0. The second-order valence-electron chi connectivity index (χ2n) is 1.46. The molecule has 0 aromatic rings. The first kappa shape index (κ1) is 11.3. The number of rotatable bonds is 2. The first-order valence-electron chi connectivity index (χ1n) is 2.34. The van der Waals surface area contributed by atoms with Crippen LogP contribution < -0.4 is 0 Å². The second-order valence-corrected chi connectivity index (χ2v) is 1.46. The van der Waals surface area contributed by atoms with Crippen LogP contribution in [-0.4, -0.2) is 6.29 Å². The van der Waals surface area contributed by atoms with E-state index in [1.54, 1.807) is 6.29 Å². The molecule has 0 N–H and O–H groups in total. The molecule has 0 rings (SSSR count). The minimum absolute atomic E-state index is 0. The van der Waals surface area contributed by atoms with Gasteiger partial charge in [0.25, 0.3) is 0 Å². The number of allylic oxidation sites excluding steroid dienone is 2. The van der Waals surface area contributed by atoms with Crippen molar-refractivity contribution >= 4 is 6.29 Å². The fourth-order valence-corrected chi connectivity index (χ4v) is 0.203. The van der Waals surface area contributed by atoms with E-state index in [0.29, 0.717) is 0 Å². The largest absolute Gasteiger partial charge is 3.00 e. The molecule has 0 radical (unpaired) electrons. The van der Waals surface area contributed by atoms with Gasteiger partial charge in [0.1, 0.15) is 0 Å². The summed E-state index contributed by atoms with van der Waals surface area (Å²) in [4.78, 5) is 9.57. The van der Waals surface area contributed by atoms with Crippen LogP contribution in [0.2, 0.25) is 0 Å². The van der Waals surface area contributed by atoms with Crippen molar-refractivity contribution in [3.05, 3.63) is 11.6 Å². The van der Waals surface area contributed by atoms with E-state index in [-0.39, 0.29) is 32.7 Å². The Kier molecular flexibility index (Phi) is 10.6. The standard InChI is InChI=1S/C6H9O.Y/c1-3-6(2)4-5-7;/h4H,3H2,1-2H3;/q-1;+3/b6-4+;. The normalized spacial score (nSPS) is 10.0. The molecule has 0 aliphatic rings. The van der Waals surface area contributed by atoms with Gasteiger partial charge in [-0.25, -0.2) is 5.57 Å². The summed E-state index contributed by atoms with van der Waals surface area (Å²) in [5, 5.41) is 0. The van der Waals surface area contributed by atoms with Crippen molar-refractivity contribution in [3.63, 3.8) is 0 Å². The molecule has 0 saturated carbocycles. The van der Waals surface area contributed by atoms with Gasteiger partial charge in [0, 0.05) is 0 Å². The molecule has 0 saturated heterocycles. The maximum Gasteiger partial charge on any atom is 3.00 e. The Labute approximate surface area is 75.4 Å². The number of hydrogen-bond acceptors (Lipinski definition) is 1. The molecule has 0 bridgehead atoms. The zero-order chi connectivity index (χ0) is 5.70. The Hall–Kier alpha value is 0.514. The van der Waals surface area contributed by atoms with Crippen LogP contribution in [0.4, 0.5) is 0 Å². The van der Waals surface area contributed by atoms with E-state index in [9.17, 15) is 4.79 Å². The molecule has 0 aliphatic carbocycles. The topological polar surface area (TPSA) is 17.1 Å². The van der Waals surface area contributed by atoms with Crippen LogP contribution in [0.15, 0.2) is 11.6 Å². The molecular formula is C6H9OY+2.